The quantitative estimate of drug-likeness (QED) is 0.782. The minimum Gasteiger partial charge on any atom is -0.307 e. The van der Waals surface area contributed by atoms with Crippen LogP contribution in [0.1, 0.15) is 16.8 Å². The van der Waals surface area contributed by atoms with E-state index in [2.05, 4.69) is 9.71 Å². The molecule has 0 atom stereocenters. The summed E-state index contributed by atoms with van der Waals surface area (Å²) >= 11 is 0. The Morgan fingerprint density at radius 2 is 2.00 bits per heavy atom. The molecule has 6 heteroatoms. The fraction of sp³-hybridized carbons (Fsp3) is 0.235. The lowest BCUT2D eigenvalue weighted by Gasteiger charge is -2.09. The first kappa shape index (κ1) is 15.7. The zero-order valence-corrected chi connectivity index (χ0v) is 14.0. The molecule has 0 spiro atoms. The van der Waals surface area contributed by atoms with Gasteiger partial charge in [0.15, 0.2) is 0 Å². The molecule has 0 saturated heterocycles. The van der Waals surface area contributed by atoms with Crippen molar-refractivity contribution in [3.63, 3.8) is 0 Å². The molecule has 0 saturated carbocycles. The molecule has 0 unspecified atom stereocenters. The van der Waals surface area contributed by atoms with Gasteiger partial charge in [-0.05, 0) is 43.2 Å². The summed E-state index contributed by atoms with van der Waals surface area (Å²) in [5.74, 6) is 0. The monoisotopic (exact) mass is 329 g/mol. The minimum atomic E-state index is -3.50. The summed E-state index contributed by atoms with van der Waals surface area (Å²) in [5, 5.41) is 0. The van der Waals surface area contributed by atoms with Crippen molar-refractivity contribution >= 4 is 15.7 Å². The zero-order chi connectivity index (χ0) is 16.4. The van der Waals surface area contributed by atoms with Crippen molar-refractivity contribution in [2.75, 3.05) is 6.54 Å². The maximum absolute atomic E-state index is 12.4. The van der Waals surface area contributed by atoms with Crippen molar-refractivity contribution in [3.05, 3.63) is 65.6 Å². The molecule has 0 aliphatic carbocycles. The van der Waals surface area contributed by atoms with E-state index in [0.29, 0.717) is 17.9 Å². The third-order valence-electron chi connectivity index (χ3n) is 3.72. The van der Waals surface area contributed by atoms with Gasteiger partial charge >= 0.3 is 0 Å². The van der Waals surface area contributed by atoms with Crippen LogP contribution in [0.25, 0.3) is 5.65 Å². The Labute approximate surface area is 136 Å². The molecule has 5 nitrogen and oxygen atoms in total. The number of nitrogens with zero attached hydrogens (tertiary/aromatic N) is 2. The molecule has 3 rings (SSSR count). The molecular formula is C17H19N3O2S. The molecule has 0 radical (unpaired) electrons. The first-order chi connectivity index (χ1) is 11.0. The highest BCUT2D eigenvalue weighted by molar-refractivity contribution is 7.89. The Bertz CT molecular complexity index is 912. The number of aryl methyl sites for hydroxylation is 2. The van der Waals surface area contributed by atoms with Crippen LogP contribution < -0.4 is 4.72 Å². The number of aromatic nitrogens is 2. The predicted molar refractivity (Wildman–Crippen MR) is 90.0 cm³/mol. The van der Waals surface area contributed by atoms with Gasteiger partial charge in [0, 0.05) is 25.4 Å². The minimum absolute atomic E-state index is 0.319. The number of hydrogen-bond acceptors (Lipinski definition) is 3. The molecule has 3 aromatic rings. The molecule has 0 bridgehead atoms. The van der Waals surface area contributed by atoms with Crippen molar-refractivity contribution in [1.29, 1.82) is 0 Å². The number of sulfonamides is 1. The molecule has 0 aliphatic heterocycles. The van der Waals surface area contributed by atoms with Crippen molar-refractivity contribution in [2.45, 2.75) is 25.2 Å². The molecule has 23 heavy (non-hydrogen) atoms. The van der Waals surface area contributed by atoms with Gasteiger partial charge in [0.1, 0.15) is 5.65 Å². The van der Waals surface area contributed by atoms with Crippen LogP contribution in [0.15, 0.2) is 53.7 Å². The molecule has 1 N–H and O–H groups in total. The molecule has 2 heterocycles. The Morgan fingerprint density at radius 3 is 2.78 bits per heavy atom. The van der Waals surface area contributed by atoms with Crippen molar-refractivity contribution < 1.29 is 8.42 Å². The number of hydrogen-bond donors (Lipinski definition) is 1. The van der Waals surface area contributed by atoms with Crippen LogP contribution in [-0.2, 0) is 16.4 Å². The van der Waals surface area contributed by atoms with Gasteiger partial charge in [0.2, 0.25) is 10.0 Å². The number of nitrogens with one attached hydrogen (secondary N) is 1. The third kappa shape index (κ3) is 3.43. The van der Waals surface area contributed by atoms with E-state index >= 15 is 0 Å². The average molecular weight is 329 g/mol. The average Bonchev–Trinajstić information content (AvgIpc) is 2.92. The van der Waals surface area contributed by atoms with Crippen molar-refractivity contribution in [1.82, 2.24) is 14.1 Å². The van der Waals surface area contributed by atoms with E-state index in [9.17, 15) is 8.42 Å². The second kappa shape index (κ2) is 6.14. The van der Waals surface area contributed by atoms with E-state index < -0.39 is 10.0 Å². The summed E-state index contributed by atoms with van der Waals surface area (Å²) in [6.45, 7) is 4.00. The summed E-state index contributed by atoms with van der Waals surface area (Å²) in [7, 11) is -3.50. The summed E-state index contributed by atoms with van der Waals surface area (Å²) in [5.41, 5.74) is 3.40. The first-order valence-corrected chi connectivity index (χ1v) is 8.93. The zero-order valence-electron chi connectivity index (χ0n) is 13.2. The summed E-state index contributed by atoms with van der Waals surface area (Å²) < 4.78 is 29.4. The normalized spacial score (nSPS) is 11.9. The molecule has 0 fully saturated rings. The number of rotatable bonds is 5. The van der Waals surface area contributed by atoms with Crippen molar-refractivity contribution in [3.8, 4) is 0 Å². The van der Waals surface area contributed by atoms with E-state index in [1.54, 1.807) is 13.0 Å². The van der Waals surface area contributed by atoms with Crippen LogP contribution in [-0.4, -0.2) is 24.3 Å². The van der Waals surface area contributed by atoms with Gasteiger partial charge in [-0.2, -0.15) is 0 Å². The van der Waals surface area contributed by atoms with Crippen LogP contribution in [0.5, 0.6) is 0 Å². The SMILES string of the molecule is Cc1ccc(C)c(S(=O)(=O)NCCc2cn3ccccc3n2)c1. The largest absolute Gasteiger partial charge is 0.307 e. The molecule has 0 amide bonds. The lowest BCUT2D eigenvalue weighted by molar-refractivity contribution is 0.580. The van der Waals surface area contributed by atoms with Gasteiger partial charge in [-0.1, -0.05) is 18.2 Å². The van der Waals surface area contributed by atoms with Gasteiger partial charge in [0.05, 0.1) is 10.6 Å². The number of imidazole rings is 1. The smallest absolute Gasteiger partial charge is 0.240 e. The molecule has 1 aromatic carbocycles. The number of fused-ring (bicyclic) bond motifs is 1. The number of benzene rings is 1. The van der Waals surface area contributed by atoms with E-state index in [0.717, 1.165) is 22.5 Å². The summed E-state index contributed by atoms with van der Waals surface area (Å²) in [6.07, 6.45) is 4.39. The maximum Gasteiger partial charge on any atom is 0.240 e. The third-order valence-corrected chi connectivity index (χ3v) is 5.32. The van der Waals surface area contributed by atoms with Gasteiger partial charge in [-0.15, -0.1) is 0 Å². The van der Waals surface area contributed by atoms with E-state index in [-0.39, 0.29) is 0 Å². The highest BCUT2D eigenvalue weighted by Crippen LogP contribution is 2.16. The Balaban J connectivity index is 1.71. The molecule has 0 aliphatic rings. The molecule has 2 aromatic heterocycles. The van der Waals surface area contributed by atoms with E-state index in [1.165, 1.54) is 0 Å². The Kier molecular flexibility index (Phi) is 4.19. The van der Waals surface area contributed by atoms with E-state index in [1.807, 2.05) is 54.0 Å². The summed E-state index contributed by atoms with van der Waals surface area (Å²) in [4.78, 5) is 4.81. The van der Waals surface area contributed by atoms with Crippen LogP contribution in [0.2, 0.25) is 0 Å². The van der Waals surface area contributed by atoms with E-state index in [4.69, 9.17) is 0 Å². The molecular weight excluding hydrogens is 310 g/mol. The van der Waals surface area contributed by atoms with Crippen LogP contribution in [0.3, 0.4) is 0 Å². The lowest BCUT2D eigenvalue weighted by atomic mass is 10.2. The number of pyridine rings is 1. The van der Waals surface area contributed by atoms with Crippen LogP contribution in [0, 0.1) is 13.8 Å². The topological polar surface area (TPSA) is 63.5 Å². The predicted octanol–water partition coefficient (Wildman–Crippen LogP) is 2.47. The van der Waals surface area contributed by atoms with Crippen LogP contribution >= 0.6 is 0 Å². The second-order valence-corrected chi connectivity index (χ2v) is 7.35. The van der Waals surface area contributed by atoms with Gasteiger partial charge in [0.25, 0.3) is 0 Å². The van der Waals surface area contributed by atoms with Crippen molar-refractivity contribution in [2.24, 2.45) is 0 Å². The lowest BCUT2D eigenvalue weighted by Crippen LogP contribution is -2.26. The second-order valence-electron chi connectivity index (χ2n) is 5.62. The van der Waals surface area contributed by atoms with Gasteiger partial charge in [-0.25, -0.2) is 18.1 Å². The maximum atomic E-state index is 12.4. The molecule has 120 valence electrons. The first-order valence-electron chi connectivity index (χ1n) is 7.45. The fourth-order valence-corrected chi connectivity index (χ4v) is 3.85. The van der Waals surface area contributed by atoms with Gasteiger partial charge < -0.3 is 4.40 Å². The summed E-state index contributed by atoms with van der Waals surface area (Å²) in [6, 6.07) is 11.2. The highest BCUT2D eigenvalue weighted by Gasteiger charge is 2.16. The fourth-order valence-electron chi connectivity index (χ4n) is 2.50. The Hall–Kier alpha value is -2.18. The van der Waals surface area contributed by atoms with Gasteiger partial charge in [-0.3, -0.25) is 0 Å². The highest BCUT2D eigenvalue weighted by atomic mass is 32.2. The standard InChI is InChI=1S/C17H19N3O2S/c1-13-6-7-14(2)16(11-13)23(21,22)18-9-8-15-12-20-10-4-3-5-17(20)19-15/h3-7,10-12,18H,8-9H2,1-2H3. The Morgan fingerprint density at radius 1 is 1.17 bits per heavy atom. The van der Waals surface area contributed by atoms with Crippen LogP contribution in [0.4, 0.5) is 0 Å².